The van der Waals surface area contributed by atoms with Gasteiger partial charge in [-0.1, -0.05) is 37.3 Å². The molecule has 0 aromatic heterocycles. The molecule has 0 aliphatic carbocycles. The van der Waals surface area contributed by atoms with Gasteiger partial charge in [-0.25, -0.2) is 12.8 Å². The fourth-order valence-corrected chi connectivity index (χ4v) is 5.63. The first-order valence-electron chi connectivity index (χ1n) is 13.0. The van der Waals surface area contributed by atoms with Crippen LogP contribution < -0.4 is 19.1 Å². The van der Waals surface area contributed by atoms with Crippen molar-refractivity contribution < 1.29 is 31.9 Å². The molecular weight excluding hydrogens is 537 g/mol. The van der Waals surface area contributed by atoms with Crippen molar-refractivity contribution in [3.8, 4) is 11.5 Å². The second-order valence-electron chi connectivity index (χ2n) is 9.27. The van der Waals surface area contributed by atoms with Gasteiger partial charge >= 0.3 is 0 Å². The highest BCUT2D eigenvalue weighted by Gasteiger charge is 2.33. The van der Waals surface area contributed by atoms with Gasteiger partial charge in [-0.15, -0.1) is 0 Å². The van der Waals surface area contributed by atoms with E-state index >= 15 is 0 Å². The number of hydrogen-bond acceptors (Lipinski definition) is 6. The number of carbonyl (C=O) groups is 2. The quantitative estimate of drug-likeness (QED) is 0.377. The van der Waals surface area contributed by atoms with Crippen LogP contribution in [0, 0.1) is 5.82 Å². The van der Waals surface area contributed by atoms with Crippen LogP contribution in [0.25, 0.3) is 0 Å². The number of benzene rings is 3. The monoisotopic (exact) mass is 569 g/mol. The zero-order chi connectivity index (χ0) is 28.7. The van der Waals surface area contributed by atoms with Crippen LogP contribution in [0.5, 0.6) is 11.5 Å². The molecule has 1 atom stereocenters. The van der Waals surface area contributed by atoms with Gasteiger partial charge in [0.1, 0.15) is 31.6 Å². The second-order valence-corrected chi connectivity index (χ2v) is 11.1. The van der Waals surface area contributed by atoms with Crippen LogP contribution in [0.3, 0.4) is 0 Å². The van der Waals surface area contributed by atoms with Gasteiger partial charge < -0.3 is 19.7 Å². The van der Waals surface area contributed by atoms with Crippen molar-refractivity contribution in [2.45, 2.75) is 37.8 Å². The summed E-state index contributed by atoms with van der Waals surface area (Å²) in [6.45, 7) is 3.96. The van der Waals surface area contributed by atoms with Crippen LogP contribution in [0.1, 0.15) is 25.8 Å². The van der Waals surface area contributed by atoms with E-state index in [2.05, 4.69) is 5.32 Å². The number of hydrogen-bond donors (Lipinski definition) is 1. The van der Waals surface area contributed by atoms with Crippen LogP contribution >= 0.6 is 0 Å². The van der Waals surface area contributed by atoms with Crippen LogP contribution in [-0.4, -0.2) is 57.5 Å². The third kappa shape index (κ3) is 6.71. The Labute approximate surface area is 233 Å². The highest BCUT2D eigenvalue weighted by Crippen LogP contribution is 2.36. The summed E-state index contributed by atoms with van der Waals surface area (Å²) in [5.41, 5.74) is 0.785. The molecule has 9 nitrogen and oxygen atoms in total. The third-order valence-electron chi connectivity index (χ3n) is 6.41. The van der Waals surface area contributed by atoms with Gasteiger partial charge in [0.05, 0.1) is 10.6 Å². The number of nitrogens with zero attached hydrogens (tertiary/aromatic N) is 2. The molecule has 0 fully saturated rings. The summed E-state index contributed by atoms with van der Waals surface area (Å²) < 4.78 is 53.5. The van der Waals surface area contributed by atoms with E-state index in [0.29, 0.717) is 43.2 Å². The lowest BCUT2D eigenvalue weighted by atomic mass is 10.1. The lowest BCUT2D eigenvalue weighted by molar-refractivity contribution is -0.139. The first-order valence-corrected chi connectivity index (χ1v) is 14.4. The van der Waals surface area contributed by atoms with Crippen molar-refractivity contribution in [3.63, 3.8) is 0 Å². The molecule has 2 amide bonds. The molecule has 1 N–H and O–H groups in total. The van der Waals surface area contributed by atoms with E-state index in [-0.39, 0.29) is 23.0 Å². The largest absolute Gasteiger partial charge is 0.486 e. The van der Waals surface area contributed by atoms with Crippen LogP contribution in [0.2, 0.25) is 0 Å². The fraction of sp³-hybridized carbons (Fsp3) is 0.310. The summed E-state index contributed by atoms with van der Waals surface area (Å²) in [5.74, 6) is -0.599. The van der Waals surface area contributed by atoms with Gasteiger partial charge in [-0.05, 0) is 55.3 Å². The smallest absolute Gasteiger partial charge is 0.264 e. The molecule has 0 radical (unpaired) electrons. The molecule has 3 aromatic rings. The Morgan fingerprint density at radius 3 is 2.33 bits per heavy atom. The van der Waals surface area contributed by atoms with Crippen molar-refractivity contribution in [1.29, 1.82) is 0 Å². The van der Waals surface area contributed by atoms with Crippen LogP contribution in [-0.2, 0) is 26.2 Å². The maximum absolute atomic E-state index is 13.9. The minimum absolute atomic E-state index is 0.00323. The Bertz CT molecular complexity index is 1430. The van der Waals surface area contributed by atoms with Crippen molar-refractivity contribution in [3.05, 3.63) is 84.2 Å². The van der Waals surface area contributed by atoms with E-state index in [4.69, 9.17) is 9.47 Å². The molecule has 3 aromatic carbocycles. The first-order chi connectivity index (χ1) is 19.2. The number of rotatable bonds is 11. The molecule has 212 valence electrons. The summed E-state index contributed by atoms with van der Waals surface area (Å²) in [6.07, 6.45) is 0.706. The predicted molar refractivity (Wildman–Crippen MR) is 148 cm³/mol. The molecule has 0 saturated heterocycles. The molecule has 1 aliphatic rings. The van der Waals surface area contributed by atoms with E-state index in [1.54, 1.807) is 37.3 Å². The standard InChI is InChI=1S/C29H32FN3O6S/c1-3-15-31-29(35)21(2)32(19-22-9-11-23(30)12-10-22)28(34)20-33(40(36,37)25-7-5-4-6-8-25)24-13-14-26-27(18-24)39-17-16-38-26/h4-14,18,21H,3,15-17,19-20H2,1-2H3,(H,31,35)/t21-/m0/s1. The molecule has 1 heterocycles. The molecule has 11 heteroatoms. The third-order valence-corrected chi connectivity index (χ3v) is 8.19. The molecule has 0 unspecified atom stereocenters. The first kappa shape index (κ1) is 28.9. The highest BCUT2D eigenvalue weighted by atomic mass is 32.2. The minimum Gasteiger partial charge on any atom is -0.486 e. The Kier molecular flexibility index (Phi) is 9.26. The van der Waals surface area contributed by atoms with Crippen molar-refractivity contribution in [1.82, 2.24) is 10.2 Å². The number of nitrogens with one attached hydrogen (secondary N) is 1. The van der Waals surface area contributed by atoms with Gasteiger partial charge in [0.25, 0.3) is 10.0 Å². The lowest BCUT2D eigenvalue weighted by Gasteiger charge is -2.32. The molecular formula is C29H32FN3O6S. The van der Waals surface area contributed by atoms with E-state index in [1.807, 2.05) is 6.92 Å². The summed E-state index contributed by atoms with van der Waals surface area (Å²) >= 11 is 0. The Hall–Kier alpha value is -4.12. The van der Waals surface area contributed by atoms with Crippen molar-refractivity contribution in [2.75, 3.05) is 30.6 Å². The maximum atomic E-state index is 13.9. The van der Waals surface area contributed by atoms with Crippen LogP contribution in [0.4, 0.5) is 10.1 Å². The highest BCUT2D eigenvalue weighted by molar-refractivity contribution is 7.92. The fourth-order valence-electron chi connectivity index (χ4n) is 4.20. The van der Waals surface area contributed by atoms with Gasteiger partial charge in [0, 0.05) is 19.2 Å². The number of sulfonamides is 1. The normalized spacial score (nSPS) is 13.3. The lowest BCUT2D eigenvalue weighted by Crippen LogP contribution is -2.51. The SMILES string of the molecule is CCCNC(=O)[C@H](C)N(Cc1ccc(F)cc1)C(=O)CN(c1ccc2c(c1)OCCO2)S(=O)(=O)c1ccccc1. The summed E-state index contributed by atoms with van der Waals surface area (Å²) in [5, 5.41) is 2.78. The van der Waals surface area contributed by atoms with Crippen LogP contribution in [0.15, 0.2) is 77.7 Å². The van der Waals surface area contributed by atoms with E-state index in [0.717, 1.165) is 4.31 Å². The number of anilines is 1. The zero-order valence-corrected chi connectivity index (χ0v) is 23.2. The average molecular weight is 570 g/mol. The second kappa shape index (κ2) is 12.8. The van der Waals surface area contributed by atoms with E-state index < -0.39 is 34.3 Å². The topological polar surface area (TPSA) is 105 Å². The van der Waals surface area contributed by atoms with Gasteiger partial charge in [0.15, 0.2) is 11.5 Å². The molecule has 4 rings (SSSR count). The zero-order valence-electron chi connectivity index (χ0n) is 22.4. The Morgan fingerprint density at radius 2 is 1.65 bits per heavy atom. The summed E-state index contributed by atoms with van der Waals surface area (Å²) in [4.78, 5) is 28.1. The van der Waals surface area contributed by atoms with Crippen molar-refractivity contribution in [2.24, 2.45) is 0 Å². The minimum atomic E-state index is -4.21. The van der Waals surface area contributed by atoms with Gasteiger partial charge in [-0.3, -0.25) is 13.9 Å². The number of amides is 2. The van der Waals surface area contributed by atoms with Gasteiger partial charge in [0.2, 0.25) is 11.8 Å². The number of fused-ring (bicyclic) bond motifs is 1. The summed E-state index contributed by atoms with van der Waals surface area (Å²) in [6, 6.07) is 17.1. The number of halogens is 1. The Morgan fingerprint density at radius 1 is 0.975 bits per heavy atom. The molecule has 0 spiro atoms. The molecule has 0 bridgehead atoms. The Balaban J connectivity index is 1.71. The van der Waals surface area contributed by atoms with Crippen molar-refractivity contribution >= 4 is 27.5 Å². The molecule has 0 saturated carbocycles. The van der Waals surface area contributed by atoms with E-state index in [1.165, 1.54) is 47.4 Å². The molecule has 1 aliphatic heterocycles. The maximum Gasteiger partial charge on any atom is 0.264 e. The number of ether oxygens (including phenoxy) is 2. The van der Waals surface area contributed by atoms with E-state index in [9.17, 15) is 22.4 Å². The predicted octanol–water partition coefficient (Wildman–Crippen LogP) is 3.74. The van der Waals surface area contributed by atoms with Gasteiger partial charge in [-0.2, -0.15) is 0 Å². The number of carbonyl (C=O) groups excluding carboxylic acids is 2. The average Bonchev–Trinajstić information content (AvgIpc) is 2.98. The molecule has 40 heavy (non-hydrogen) atoms. The summed E-state index contributed by atoms with van der Waals surface area (Å²) in [7, 11) is -4.21.